The van der Waals surface area contributed by atoms with Gasteiger partial charge in [-0.3, -0.25) is 4.90 Å². The average Bonchev–Trinajstić information content (AvgIpc) is 1.94. The second-order valence-electron chi connectivity index (χ2n) is 3.48. The zero-order valence-corrected chi connectivity index (χ0v) is 7.54. The first-order valence-corrected chi connectivity index (χ1v) is 4.23. The van der Waals surface area contributed by atoms with E-state index < -0.39 is 0 Å². The summed E-state index contributed by atoms with van der Waals surface area (Å²) in [6, 6.07) is 0.807. The largest absolute Gasteiger partial charge is 0.392 e. The number of nitrogens with one attached hydrogen (secondary N) is 1. The average molecular weight is 158 g/mol. The Hall–Kier alpha value is -0.120. The maximum absolute atomic E-state index is 9.38. The van der Waals surface area contributed by atoms with E-state index >= 15 is 0 Å². The highest BCUT2D eigenvalue weighted by Crippen LogP contribution is 2.09. The molecule has 0 spiro atoms. The van der Waals surface area contributed by atoms with Crippen LogP contribution in [0, 0.1) is 0 Å². The minimum absolute atomic E-state index is 0.241. The van der Waals surface area contributed by atoms with Crippen LogP contribution in [0.3, 0.4) is 0 Å². The van der Waals surface area contributed by atoms with Crippen LogP contribution in [-0.2, 0) is 0 Å². The summed E-state index contributed by atoms with van der Waals surface area (Å²) in [6.07, 6.45) is -0.241. The van der Waals surface area contributed by atoms with Gasteiger partial charge in [-0.1, -0.05) is 0 Å². The van der Waals surface area contributed by atoms with E-state index in [1.165, 1.54) is 0 Å². The van der Waals surface area contributed by atoms with Crippen molar-refractivity contribution < 1.29 is 5.11 Å². The summed E-state index contributed by atoms with van der Waals surface area (Å²) in [4.78, 5) is 2.24. The quantitative estimate of drug-likeness (QED) is 0.548. The number of likely N-dealkylation sites (N-methyl/N-ethyl adjacent to an activating group) is 1. The fraction of sp³-hybridized carbons (Fsp3) is 1.00. The number of hydrogen-bond acceptors (Lipinski definition) is 3. The lowest BCUT2D eigenvalue weighted by Crippen LogP contribution is -2.58. The van der Waals surface area contributed by atoms with E-state index in [1.807, 2.05) is 6.92 Å². The molecule has 0 saturated carbocycles. The Morgan fingerprint density at radius 3 is 2.64 bits per heavy atom. The van der Waals surface area contributed by atoms with Crippen LogP contribution in [0.1, 0.15) is 13.8 Å². The molecule has 3 nitrogen and oxygen atoms in total. The number of aliphatic hydroxyl groups excluding tert-OH is 1. The molecular formula is C8H18N2O. The molecule has 0 aromatic heterocycles. The summed E-state index contributed by atoms with van der Waals surface area (Å²) in [7, 11) is 2.07. The van der Waals surface area contributed by atoms with Gasteiger partial charge in [-0.15, -0.1) is 0 Å². The van der Waals surface area contributed by atoms with E-state index in [0.717, 1.165) is 13.1 Å². The summed E-state index contributed by atoms with van der Waals surface area (Å²) in [5.41, 5.74) is 0. The molecule has 3 unspecified atom stereocenters. The minimum atomic E-state index is -0.241. The fourth-order valence-electron chi connectivity index (χ4n) is 1.57. The Kier molecular flexibility index (Phi) is 2.87. The first-order valence-electron chi connectivity index (χ1n) is 4.23. The summed E-state index contributed by atoms with van der Waals surface area (Å²) in [6.45, 7) is 5.95. The molecule has 11 heavy (non-hydrogen) atoms. The van der Waals surface area contributed by atoms with Gasteiger partial charge < -0.3 is 10.4 Å². The summed E-state index contributed by atoms with van der Waals surface area (Å²) >= 11 is 0. The van der Waals surface area contributed by atoms with E-state index in [9.17, 15) is 5.11 Å². The SMILES string of the molecule is CC(O)C1CNCC(C)N1C. The van der Waals surface area contributed by atoms with Gasteiger partial charge in [0.1, 0.15) is 0 Å². The first-order chi connectivity index (χ1) is 5.13. The predicted octanol–water partition coefficient (Wildman–Crippen LogP) is -0.341. The van der Waals surface area contributed by atoms with Crippen LogP contribution in [0.4, 0.5) is 0 Å². The van der Waals surface area contributed by atoms with Crippen LogP contribution in [0.15, 0.2) is 0 Å². The minimum Gasteiger partial charge on any atom is -0.392 e. The highest BCUT2D eigenvalue weighted by molar-refractivity contribution is 4.85. The maximum Gasteiger partial charge on any atom is 0.0679 e. The van der Waals surface area contributed by atoms with E-state index in [1.54, 1.807) is 0 Å². The Balaban J connectivity index is 2.51. The van der Waals surface area contributed by atoms with Crippen molar-refractivity contribution in [3.8, 4) is 0 Å². The van der Waals surface area contributed by atoms with Gasteiger partial charge in [0.25, 0.3) is 0 Å². The zero-order chi connectivity index (χ0) is 8.43. The van der Waals surface area contributed by atoms with Crippen LogP contribution in [0.2, 0.25) is 0 Å². The molecular weight excluding hydrogens is 140 g/mol. The maximum atomic E-state index is 9.38. The molecule has 0 radical (unpaired) electrons. The van der Waals surface area contributed by atoms with Crippen molar-refractivity contribution in [3.05, 3.63) is 0 Å². The van der Waals surface area contributed by atoms with E-state index in [-0.39, 0.29) is 12.1 Å². The van der Waals surface area contributed by atoms with Gasteiger partial charge in [-0.05, 0) is 20.9 Å². The van der Waals surface area contributed by atoms with E-state index in [0.29, 0.717) is 6.04 Å². The van der Waals surface area contributed by atoms with Crippen LogP contribution < -0.4 is 5.32 Å². The molecule has 0 amide bonds. The lowest BCUT2D eigenvalue weighted by molar-refractivity contribution is 0.0363. The number of rotatable bonds is 1. The molecule has 0 aromatic carbocycles. The Morgan fingerprint density at radius 1 is 1.55 bits per heavy atom. The Labute approximate surface area is 68.4 Å². The van der Waals surface area contributed by atoms with Crippen LogP contribution in [-0.4, -0.2) is 48.3 Å². The second-order valence-corrected chi connectivity index (χ2v) is 3.48. The third-order valence-corrected chi connectivity index (χ3v) is 2.57. The first kappa shape index (κ1) is 8.97. The second kappa shape index (κ2) is 3.52. The molecule has 1 aliphatic heterocycles. The summed E-state index contributed by atoms with van der Waals surface area (Å²) in [5.74, 6) is 0. The fourth-order valence-corrected chi connectivity index (χ4v) is 1.57. The highest BCUT2D eigenvalue weighted by Gasteiger charge is 2.27. The standard InChI is InChI=1S/C8H18N2O/c1-6-4-9-5-8(7(2)11)10(6)3/h6-9,11H,4-5H2,1-3H3. The molecule has 1 fully saturated rings. The van der Waals surface area contributed by atoms with Gasteiger partial charge in [0, 0.05) is 25.2 Å². The summed E-state index contributed by atoms with van der Waals surface area (Å²) < 4.78 is 0. The van der Waals surface area contributed by atoms with Gasteiger partial charge in [0.05, 0.1) is 6.10 Å². The zero-order valence-electron chi connectivity index (χ0n) is 7.54. The molecule has 3 heteroatoms. The van der Waals surface area contributed by atoms with Crippen LogP contribution in [0.25, 0.3) is 0 Å². The molecule has 1 rings (SSSR count). The van der Waals surface area contributed by atoms with Crippen molar-refractivity contribution in [3.63, 3.8) is 0 Å². The molecule has 2 N–H and O–H groups in total. The Morgan fingerprint density at radius 2 is 2.18 bits per heavy atom. The number of aliphatic hydroxyl groups is 1. The third kappa shape index (κ3) is 1.92. The molecule has 0 bridgehead atoms. The molecule has 1 heterocycles. The van der Waals surface area contributed by atoms with Gasteiger partial charge in [0.2, 0.25) is 0 Å². The normalized spacial score (nSPS) is 37.1. The van der Waals surface area contributed by atoms with Gasteiger partial charge in [0.15, 0.2) is 0 Å². The van der Waals surface area contributed by atoms with Crippen LogP contribution >= 0.6 is 0 Å². The smallest absolute Gasteiger partial charge is 0.0679 e. The third-order valence-electron chi connectivity index (χ3n) is 2.57. The topological polar surface area (TPSA) is 35.5 Å². The monoisotopic (exact) mass is 158 g/mol. The van der Waals surface area contributed by atoms with Gasteiger partial charge in [-0.2, -0.15) is 0 Å². The molecule has 0 aliphatic carbocycles. The molecule has 0 aromatic rings. The van der Waals surface area contributed by atoms with Crippen molar-refractivity contribution in [1.82, 2.24) is 10.2 Å². The van der Waals surface area contributed by atoms with Crippen molar-refractivity contribution in [2.75, 3.05) is 20.1 Å². The van der Waals surface area contributed by atoms with Crippen molar-refractivity contribution >= 4 is 0 Å². The van der Waals surface area contributed by atoms with E-state index in [4.69, 9.17) is 0 Å². The highest BCUT2D eigenvalue weighted by atomic mass is 16.3. The summed E-state index contributed by atoms with van der Waals surface area (Å²) in [5, 5.41) is 12.7. The Bertz CT molecular complexity index is 127. The van der Waals surface area contributed by atoms with E-state index in [2.05, 4.69) is 24.2 Å². The van der Waals surface area contributed by atoms with Gasteiger partial charge in [-0.25, -0.2) is 0 Å². The lowest BCUT2D eigenvalue weighted by atomic mass is 10.1. The van der Waals surface area contributed by atoms with Crippen molar-refractivity contribution in [1.29, 1.82) is 0 Å². The number of hydrogen-bond donors (Lipinski definition) is 2. The molecule has 1 aliphatic rings. The van der Waals surface area contributed by atoms with Gasteiger partial charge >= 0.3 is 0 Å². The number of nitrogens with zero attached hydrogens (tertiary/aromatic N) is 1. The molecule has 3 atom stereocenters. The molecule has 66 valence electrons. The lowest BCUT2D eigenvalue weighted by Gasteiger charge is -2.39. The predicted molar refractivity (Wildman–Crippen MR) is 45.6 cm³/mol. The van der Waals surface area contributed by atoms with Crippen molar-refractivity contribution in [2.45, 2.75) is 32.0 Å². The molecule has 1 saturated heterocycles. The number of piperazine rings is 1. The van der Waals surface area contributed by atoms with Crippen LogP contribution in [0.5, 0.6) is 0 Å². The van der Waals surface area contributed by atoms with Crippen molar-refractivity contribution in [2.24, 2.45) is 0 Å².